The van der Waals surface area contributed by atoms with Gasteiger partial charge in [0.2, 0.25) is 0 Å². The maximum Gasteiger partial charge on any atom is 0.104 e. The topological polar surface area (TPSA) is 53.4 Å². The number of aryl methyl sites for hydroxylation is 2. The van der Waals surface area contributed by atoms with Crippen molar-refractivity contribution in [3.8, 4) is 0 Å². The minimum absolute atomic E-state index is 0.282. The molecule has 0 saturated heterocycles. The second kappa shape index (κ2) is 4.82. The summed E-state index contributed by atoms with van der Waals surface area (Å²) < 4.78 is 0. The molecule has 0 aliphatic carbocycles. The lowest BCUT2D eigenvalue weighted by atomic mass is 10.0. The smallest absolute Gasteiger partial charge is 0.104 e. The van der Waals surface area contributed by atoms with Gasteiger partial charge in [-0.1, -0.05) is 25.1 Å². The fourth-order valence-electron chi connectivity index (χ4n) is 2.09. The van der Waals surface area contributed by atoms with Gasteiger partial charge in [0, 0.05) is 16.6 Å². The summed E-state index contributed by atoms with van der Waals surface area (Å²) in [6, 6.07) is 7.74. The van der Waals surface area contributed by atoms with Gasteiger partial charge in [0.05, 0.1) is 12.1 Å². The highest BCUT2D eigenvalue weighted by Gasteiger charge is 2.12. The Morgan fingerprint density at radius 1 is 1.35 bits per heavy atom. The molecule has 0 saturated carbocycles. The fraction of sp³-hybridized carbons (Fsp3) is 0.357. The van der Waals surface area contributed by atoms with Gasteiger partial charge in [0.15, 0.2) is 0 Å². The second-order valence-electron chi connectivity index (χ2n) is 4.22. The molecule has 0 fully saturated rings. The van der Waals surface area contributed by atoms with Gasteiger partial charge in [-0.2, -0.15) is 0 Å². The van der Waals surface area contributed by atoms with Crippen molar-refractivity contribution >= 4 is 10.9 Å². The third-order valence-electron chi connectivity index (χ3n) is 3.04. The molecule has 17 heavy (non-hydrogen) atoms. The van der Waals surface area contributed by atoms with Gasteiger partial charge in [-0.05, 0) is 25.0 Å². The highest BCUT2D eigenvalue weighted by atomic mass is 16.3. The highest BCUT2D eigenvalue weighted by molar-refractivity contribution is 5.83. The van der Waals surface area contributed by atoms with Crippen LogP contribution in [-0.4, -0.2) is 21.8 Å². The molecule has 0 bridgehead atoms. The Hall–Kier alpha value is -1.45. The van der Waals surface area contributed by atoms with Gasteiger partial charge in [-0.3, -0.25) is 4.98 Å². The summed E-state index contributed by atoms with van der Waals surface area (Å²) in [7, 11) is 0. The number of fused-ring (bicyclic) bond motifs is 1. The molecule has 2 N–H and O–H groups in total. The number of aromatic nitrogens is 1. The first-order valence-electron chi connectivity index (χ1n) is 5.85. The van der Waals surface area contributed by atoms with Crippen molar-refractivity contribution in [3.63, 3.8) is 0 Å². The summed E-state index contributed by atoms with van der Waals surface area (Å²) in [5.74, 6) is 0. The molecule has 0 radical (unpaired) electrons. The molecular formula is C14H17NO2. The summed E-state index contributed by atoms with van der Waals surface area (Å²) in [5.41, 5.74) is 3.68. The van der Waals surface area contributed by atoms with Crippen molar-refractivity contribution < 1.29 is 10.2 Å². The van der Waals surface area contributed by atoms with Gasteiger partial charge in [0.1, 0.15) is 6.10 Å². The minimum Gasteiger partial charge on any atom is -0.393 e. The molecule has 0 aliphatic rings. The van der Waals surface area contributed by atoms with E-state index < -0.39 is 6.10 Å². The van der Waals surface area contributed by atoms with Crippen LogP contribution in [0.15, 0.2) is 24.3 Å². The second-order valence-corrected chi connectivity index (χ2v) is 4.22. The van der Waals surface area contributed by atoms with Crippen LogP contribution in [0.5, 0.6) is 0 Å². The number of rotatable bonds is 3. The van der Waals surface area contributed by atoms with E-state index in [4.69, 9.17) is 5.11 Å². The Kier molecular flexibility index (Phi) is 3.41. The molecule has 0 unspecified atom stereocenters. The zero-order chi connectivity index (χ0) is 12.4. The van der Waals surface area contributed by atoms with E-state index in [2.05, 4.69) is 18.0 Å². The van der Waals surface area contributed by atoms with E-state index in [1.54, 1.807) is 0 Å². The van der Waals surface area contributed by atoms with E-state index in [1.165, 1.54) is 0 Å². The van der Waals surface area contributed by atoms with Gasteiger partial charge >= 0.3 is 0 Å². The number of aliphatic hydroxyl groups is 2. The van der Waals surface area contributed by atoms with E-state index in [0.29, 0.717) is 5.56 Å². The molecule has 1 aromatic heterocycles. The lowest BCUT2D eigenvalue weighted by molar-refractivity contribution is 0.0966. The van der Waals surface area contributed by atoms with Crippen molar-refractivity contribution in [3.05, 3.63) is 41.1 Å². The normalized spacial score (nSPS) is 12.9. The van der Waals surface area contributed by atoms with Crippen LogP contribution in [0.1, 0.15) is 29.8 Å². The molecule has 3 nitrogen and oxygen atoms in total. The molecule has 90 valence electrons. The molecule has 0 spiro atoms. The third kappa shape index (κ3) is 2.16. The Bertz CT molecular complexity index is 537. The summed E-state index contributed by atoms with van der Waals surface area (Å²) in [5, 5.41) is 19.8. The largest absolute Gasteiger partial charge is 0.393 e. The SMILES string of the molecule is CCc1nc2c([C@@H](O)CO)cccc2cc1C. The first-order chi connectivity index (χ1) is 8.17. The predicted molar refractivity (Wildman–Crippen MR) is 67.9 cm³/mol. The van der Waals surface area contributed by atoms with Crippen molar-refractivity contribution in [2.45, 2.75) is 26.4 Å². The van der Waals surface area contributed by atoms with Gasteiger partial charge in [-0.15, -0.1) is 0 Å². The highest BCUT2D eigenvalue weighted by Crippen LogP contribution is 2.24. The molecule has 3 heteroatoms. The van der Waals surface area contributed by atoms with Crippen LogP contribution in [0, 0.1) is 6.92 Å². The zero-order valence-corrected chi connectivity index (χ0v) is 10.1. The van der Waals surface area contributed by atoms with E-state index >= 15 is 0 Å². The Balaban J connectivity index is 2.70. The lowest BCUT2D eigenvalue weighted by Gasteiger charge is -2.12. The van der Waals surface area contributed by atoms with Crippen LogP contribution in [0.2, 0.25) is 0 Å². The number of pyridine rings is 1. The standard InChI is InChI=1S/C14H17NO2/c1-3-12-9(2)7-10-5-4-6-11(13(17)8-16)14(10)15-12/h4-7,13,16-17H,3,8H2,1-2H3/t13-/m0/s1. The first-order valence-corrected chi connectivity index (χ1v) is 5.85. The first kappa shape index (κ1) is 12.0. The van der Waals surface area contributed by atoms with Crippen LogP contribution >= 0.6 is 0 Å². The number of nitrogens with zero attached hydrogens (tertiary/aromatic N) is 1. The van der Waals surface area contributed by atoms with Crippen LogP contribution in [-0.2, 0) is 6.42 Å². The maximum atomic E-state index is 9.77. The van der Waals surface area contributed by atoms with E-state index in [-0.39, 0.29) is 6.61 Å². The molecule has 1 heterocycles. The van der Waals surface area contributed by atoms with Crippen molar-refractivity contribution in [1.29, 1.82) is 0 Å². The van der Waals surface area contributed by atoms with E-state index in [1.807, 2.05) is 25.1 Å². The number of aliphatic hydroxyl groups excluding tert-OH is 2. The Morgan fingerprint density at radius 2 is 2.12 bits per heavy atom. The van der Waals surface area contributed by atoms with Crippen molar-refractivity contribution in [2.24, 2.45) is 0 Å². The van der Waals surface area contributed by atoms with Gasteiger partial charge < -0.3 is 10.2 Å². The van der Waals surface area contributed by atoms with Gasteiger partial charge in [0.25, 0.3) is 0 Å². The molecule has 1 atom stereocenters. The molecule has 0 aliphatic heterocycles. The van der Waals surface area contributed by atoms with E-state index in [0.717, 1.165) is 28.6 Å². The summed E-state index contributed by atoms with van der Waals surface area (Å²) in [6.45, 7) is 3.82. The van der Waals surface area contributed by atoms with Crippen LogP contribution < -0.4 is 0 Å². The zero-order valence-electron chi connectivity index (χ0n) is 10.1. The molecule has 2 aromatic rings. The summed E-state index contributed by atoms with van der Waals surface area (Å²) in [6.07, 6.45) is 0.00400. The Morgan fingerprint density at radius 3 is 2.76 bits per heavy atom. The average molecular weight is 231 g/mol. The number of para-hydroxylation sites is 1. The monoisotopic (exact) mass is 231 g/mol. The number of benzene rings is 1. The molecule has 2 rings (SSSR count). The van der Waals surface area contributed by atoms with Crippen molar-refractivity contribution in [2.75, 3.05) is 6.61 Å². The van der Waals surface area contributed by atoms with Crippen LogP contribution in [0.4, 0.5) is 0 Å². The minimum atomic E-state index is -0.862. The van der Waals surface area contributed by atoms with Gasteiger partial charge in [-0.25, -0.2) is 0 Å². The van der Waals surface area contributed by atoms with Crippen LogP contribution in [0.25, 0.3) is 10.9 Å². The maximum absolute atomic E-state index is 9.77. The molecular weight excluding hydrogens is 214 g/mol. The quantitative estimate of drug-likeness (QED) is 0.850. The third-order valence-corrected chi connectivity index (χ3v) is 3.04. The summed E-state index contributed by atoms with van der Waals surface area (Å²) >= 11 is 0. The summed E-state index contributed by atoms with van der Waals surface area (Å²) in [4.78, 5) is 4.59. The number of hydrogen-bond acceptors (Lipinski definition) is 3. The predicted octanol–water partition coefficient (Wildman–Crippen LogP) is 2.13. The van der Waals surface area contributed by atoms with Crippen molar-refractivity contribution in [1.82, 2.24) is 4.98 Å². The lowest BCUT2D eigenvalue weighted by Crippen LogP contribution is -2.05. The molecule has 0 amide bonds. The van der Waals surface area contributed by atoms with E-state index in [9.17, 15) is 5.11 Å². The average Bonchev–Trinajstić information content (AvgIpc) is 2.36. The van der Waals surface area contributed by atoms with Crippen LogP contribution in [0.3, 0.4) is 0 Å². The number of hydrogen-bond donors (Lipinski definition) is 2. The fourth-order valence-corrected chi connectivity index (χ4v) is 2.09. The Labute approximate surface area is 101 Å². The molecule has 1 aromatic carbocycles.